The van der Waals surface area contributed by atoms with E-state index in [-0.39, 0.29) is 41.6 Å². The molecular weight excluding hydrogens is 653 g/mol. The van der Waals surface area contributed by atoms with E-state index in [0.29, 0.717) is 23.2 Å². The van der Waals surface area contributed by atoms with Gasteiger partial charge in [0.05, 0.1) is 4.88 Å². The van der Waals surface area contributed by atoms with E-state index in [4.69, 9.17) is 9.79 Å². The van der Waals surface area contributed by atoms with Crippen molar-refractivity contribution in [3.05, 3.63) is 65.0 Å². The van der Waals surface area contributed by atoms with Crippen molar-refractivity contribution in [3.8, 4) is 0 Å². The minimum absolute atomic E-state index is 0.0859. The molecule has 1 aromatic heterocycles. The van der Waals surface area contributed by atoms with Crippen LogP contribution in [0.3, 0.4) is 0 Å². The first-order chi connectivity index (χ1) is 21.8. The van der Waals surface area contributed by atoms with Crippen LogP contribution in [0.1, 0.15) is 55.3 Å². The SMILES string of the molecule is CN(C)C(=O)CCN(C(=O)[C@@H]1CCCN1C(=O)[C@@H](NC(=O)c1cc2cc(C(F)(F)P(=O)(O)O)ccc2s1)C(C)(C)C)c1ccccc1. The number of carbonyl (C=O) groups excluding carboxylic acids is 4. The van der Waals surface area contributed by atoms with Crippen molar-refractivity contribution in [2.75, 3.05) is 32.1 Å². The molecular formula is C32H39F2N4O7PS. The van der Waals surface area contributed by atoms with Gasteiger partial charge in [-0.25, -0.2) is 0 Å². The maximum Gasteiger partial charge on any atom is 0.399 e. The van der Waals surface area contributed by atoms with Crippen LogP contribution in [0, 0.1) is 5.41 Å². The lowest BCUT2D eigenvalue weighted by molar-refractivity contribution is -0.141. The highest BCUT2D eigenvalue weighted by atomic mass is 32.1. The molecule has 1 aliphatic heterocycles. The van der Waals surface area contributed by atoms with Gasteiger partial charge in [0.2, 0.25) is 17.7 Å². The zero-order chi connectivity index (χ0) is 34.9. The lowest BCUT2D eigenvalue weighted by Crippen LogP contribution is -2.58. The van der Waals surface area contributed by atoms with Crippen molar-refractivity contribution in [3.63, 3.8) is 0 Å². The second-order valence-electron chi connectivity index (χ2n) is 12.8. The third kappa shape index (κ3) is 7.89. The summed E-state index contributed by atoms with van der Waals surface area (Å²) < 4.78 is 40.4. The van der Waals surface area contributed by atoms with E-state index < -0.39 is 48.1 Å². The molecule has 0 unspecified atom stereocenters. The normalized spacial score (nSPS) is 16.2. The van der Waals surface area contributed by atoms with Gasteiger partial charge >= 0.3 is 13.3 Å². The Kier molecular flexibility index (Phi) is 10.6. The van der Waals surface area contributed by atoms with Gasteiger partial charge in [0.1, 0.15) is 12.1 Å². The fraction of sp³-hybridized carbons (Fsp3) is 0.438. The zero-order valence-electron chi connectivity index (χ0n) is 26.8. The number of rotatable bonds is 10. The highest BCUT2D eigenvalue weighted by molar-refractivity contribution is 7.52. The van der Waals surface area contributed by atoms with Gasteiger partial charge in [-0.15, -0.1) is 11.3 Å². The molecule has 1 aliphatic rings. The summed E-state index contributed by atoms with van der Waals surface area (Å²) in [6.45, 7) is 5.72. The molecule has 0 aliphatic carbocycles. The topological polar surface area (TPSA) is 148 Å². The summed E-state index contributed by atoms with van der Waals surface area (Å²) in [5.41, 5.74) is -5.49. The number of thiophene rings is 1. The summed E-state index contributed by atoms with van der Waals surface area (Å²) in [5, 5.41) is 2.97. The van der Waals surface area contributed by atoms with Gasteiger partial charge in [-0.3, -0.25) is 23.7 Å². The molecule has 11 nitrogen and oxygen atoms in total. The molecule has 0 saturated carbocycles. The van der Waals surface area contributed by atoms with Gasteiger partial charge in [-0.05, 0) is 54.0 Å². The number of amides is 4. The van der Waals surface area contributed by atoms with E-state index in [1.807, 2.05) is 6.07 Å². The Morgan fingerprint density at radius 2 is 1.72 bits per heavy atom. The van der Waals surface area contributed by atoms with Crippen LogP contribution in [0.15, 0.2) is 54.6 Å². The van der Waals surface area contributed by atoms with Crippen LogP contribution >= 0.6 is 18.9 Å². The predicted molar refractivity (Wildman–Crippen MR) is 175 cm³/mol. The first-order valence-electron chi connectivity index (χ1n) is 15.0. The van der Waals surface area contributed by atoms with Crippen LogP contribution in [0.25, 0.3) is 10.1 Å². The van der Waals surface area contributed by atoms with Crippen molar-refractivity contribution < 1.29 is 42.3 Å². The summed E-state index contributed by atoms with van der Waals surface area (Å²) in [7, 11) is -2.51. The Labute approximate surface area is 275 Å². The molecule has 3 aromatic rings. The molecule has 0 radical (unpaired) electrons. The highest BCUT2D eigenvalue weighted by Crippen LogP contribution is 2.59. The fourth-order valence-electron chi connectivity index (χ4n) is 5.40. The molecule has 1 saturated heterocycles. The Hall–Kier alpha value is -3.71. The first kappa shape index (κ1) is 36.1. The third-order valence-corrected chi connectivity index (χ3v) is 10.1. The molecule has 2 heterocycles. The number of likely N-dealkylation sites (tertiary alicyclic amines) is 1. The van der Waals surface area contributed by atoms with E-state index in [1.165, 1.54) is 26.8 Å². The van der Waals surface area contributed by atoms with Crippen molar-refractivity contribution >= 4 is 58.3 Å². The second kappa shape index (κ2) is 13.8. The molecule has 2 atom stereocenters. The first-order valence-corrected chi connectivity index (χ1v) is 17.4. The zero-order valence-corrected chi connectivity index (χ0v) is 28.5. The Balaban J connectivity index is 1.58. The van der Waals surface area contributed by atoms with Gasteiger partial charge in [-0.1, -0.05) is 45.0 Å². The number of anilines is 1. The number of nitrogens with one attached hydrogen (secondary N) is 1. The van der Waals surface area contributed by atoms with E-state index in [9.17, 15) is 32.5 Å². The number of hydrogen-bond acceptors (Lipinski definition) is 6. The van der Waals surface area contributed by atoms with Gasteiger partial charge in [-0.2, -0.15) is 8.78 Å². The number of fused-ring (bicyclic) bond motifs is 1. The average Bonchev–Trinajstić information content (AvgIpc) is 3.66. The van der Waals surface area contributed by atoms with Gasteiger partial charge in [0.15, 0.2) is 0 Å². The van der Waals surface area contributed by atoms with Crippen LogP contribution in [0.2, 0.25) is 0 Å². The second-order valence-corrected chi connectivity index (χ2v) is 15.5. The summed E-state index contributed by atoms with van der Waals surface area (Å²) >= 11 is 0.978. The number of benzene rings is 2. The maximum atomic E-state index is 14.3. The Morgan fingerprint density at radius 1 is 1.06 bits per heavy atom. The van der Waals surface area contributed by atoms with E-state index >= 15 is 0 Å². The molecule has 15 heteroatoms. The fourth-order valence-corrected chi connectivity index (χ4v) is 6.82. The molecule has 1 fully saturated rings. The minimum Gasteiger partial charge on any atom is -0.349 e. The van der Waals surface area contributed by atoms with Gasteiger partial charge in [0, 0.05) is 49.6 Å². The van der Waals surface area contributed by atoms with Crippen LogP contribution in [-0.4, -0.2) is 82.5 Å². The van der Waals surface area contributed by atoms with Crippen molar-refractivity contribution in [2.45, 2.75) is 57.8 Å². The molecule has 254 valence electrons. The summed E-state index contributed by atoms with van der Waals surface area (Å²) in [6, 6.07) is 11.4. The van der Waals surface area contributed by atoms with Crippen molar-refractivity contribution in [2.24, 2.45) is 5.41 Å². The number of para-hydroxylation sites is 1. The molecule has 4 amide bonds. The van der Waals surface area contributed by atoms with Gasteiger partial charge < -0.3 is 29.8 Å². The quantitative estimate of drug-likeness (QED) is 0.259. The largest absolute Gasteiger partial charge is 0.399 e. The van der Waals surface area contributed by atoms with Crippen molar-refractivity contribution in [1.29, 1.82) is 0 Å². The van der Waals surface area contributed by atoms with Crippen LogP contribution in [-0.2, 0) is 24.6 Å². The van der Waals surface area contributed by atoms with Crippen LogP contribution < -0.4 is 10.2 Å². The number of halogens is 2. The summed E-state index contributed by atoms with van der Waals surface area (Å²) in [4.78, 5) is 76.8. The number of hydrogen-bond donors (Lipinski definition) is 3. The standard InChI is InChI=1S/C32H39F2N4O7PS/c1-31(2,3)27(35-28(40)25-19-20-18-21(13-14-24(20)47-25)32(33,34)46(43,44)45)30(42)38-16-9-12-23(38)29(41)37(17-15-26(39)36(4)5)22-10-7-6-8-11-22/h6-8,10-11,13-14,18-19,23,27H,9,12,15-17H2,1-5H3,(H,35,40)(H2,43,44,45)/t23-,27+/m0/s1. The molecule has 0 spiro atoms. The van der Waals surface area contributed by atoms with Crippen LogP contribution in [0.4, 0.5) is 14.5 Å². The molecule has 2 aromatic carbocycles. The van der Waals surface area contributed by atoms with Crippen molar-refractivity contribution in [1.82, 2.24) is 15.1 Å². The minimum atomic E-state index is -5.78. The van der Waals surface area contributed by atoms with E-state index in [0.717, 1.165) is 23.5 Å². The van der Waals surface area contributed by atoms with E-state index in [1.54, 1.807) is 59.1 Å². The van der Waals surface area contributed by atoms with Gasteiger partial charge in [0.25, 0.3) is 5.91 Å². The van der Waals surface area contributed by atoms with E-state index in [2.05, 4.69) is 5.32 Å². The molecule has 3 N–H and O–H groups in total. The number of carbonyl (C=O) groups is 4. The lowest BCUT2D eigenvalue weighted by Gasteiger charge is -2.36. The summed E-state index contributed by atoms with van der Waals surface area (Å²) in [6.07, 6.45) is 1.05. The summed E-state index contributed by atoms with van der Waals surface area (Å²) in [5.74, 6) is -1.58. The van der Waals surface area contributed by atoms with Crippen LogP contribution in [0.5, 0.6) is 0 Å². The molecule has 47 heavy (non-hydrogen) atoms. The number of alkyl halides is 2. The maximum absolute atomic E-state index is 14.3. The molecule has 0 bridgehead atoms. The Bertz CT molecular complexity index is 1700. The smallest absolute Gasteiger partial charge is 0.349 e. The Morgan fingerprint density at radius 3 is 2.32 bits per heavy atom. The monoisotopic (exact) mass is 692 g/mol. The number of nitrogens with zero attached hydrogens (tertiary/aromatic N) is 3. The lowest BCUT2D eigenvalue weighted by atomic mass is 9.85. The average molecular weight is 693 g/mol. The highest BCUT2D eigenvalue weighted by Gasteiger charge is 2.50. The molecule has 4 rings (SSSR count). The predicted octanol–water partition coefficient (Wildman–Crippen LogP) is 4.78. The third-order valence-electron chi connectivity index (χ3n) is 8.04.